The molecule has 2 aliphatic rings. The lowest BCUT2D eigenvalue weighted by molar-refractivity contribution is -0.204. The maximum Gasteiger partial charge on any atom is 0.251 e. The van der Waals surface area contributed by atoms with Gasteiger partial charge < -0.3 is 15.5 Å². The Kier molecular flexibility index (Phi) is 6.85. The highest BCUT2D eigenvalue weighted by Gasteiger charge is 2.61. The quantitative estimate of drug-likeness (QED) is 0.282. The molecule has 1 fully saturated rings. The van der Waals surface area contributed by atoms with Crippen molar-refractivity contribution in [3.8, 4) is 0 Å². The Morgan fingerprint density at radius 3 is 2.15 bits per heavy atom. The number of aliphatic hydroxyl groups is 2. The van der Waals surface area contributed by atoms with Crippen LogP contribution in [0.25, 0.3) is 0 Å². The second-order valence-corrected chi connectivity index (χ2v) is 12.0. The van der Waals surface area contributed by atoms with E-state index in [2.05, 4.69) is 35.6 Å². The molecule has 1 saturated carbocycles. The van der Waals surface area contributed by atoms with Gasteiger partial charge in [0.25, 0.3) is 5.91 Å². The molecular weight excluding hydrogens is 494 g/mol. The molecule has 4 aromatic carbocycles. The molecular formula is C36H37NO3. The molecule has 0 spiro atoms. The zero-order valence-electron chi connectivity index (χ0n) is 23.0. The Labute approximate surface area is 236 Å². The number of fused-ring (bicyclic) bond motifs is 3. The van der Waals surface area contributed by atoms with E-state index in [-0.39, 0.29) is 17.2 Å². The molecule has 1 amide bonds. The number of carbonyl (C=O) groups is 1. The lowest BCUT2D eigenvalue weighted by atomic mass is 9.48. The van der Waals surface area contributed by atoms with Crippen molar-refractivity contribution in [2.45, 2.75) is 62.2 Å². The first-order valence-electron chi connectivity index (χ1n) is 14.3. The van der Waals surface area contributed by atoms with Crippen molar-refractivity contribution in [3.05, 3.63) is 143 Å². The lowest BCUT2D eigenvalue weighted by Crippen LogP contribution is -2.62. The van der Waals surface area contributed by atoms with Crippen LogP contribution in [0.2, 0.25) is 0 Å². The van der Waals surface area contributed by atoms with Crippen molar-refractivity contribution in [1.82, 2.24) is 5.32 Å². The van der Waals surface area contributed by atoms with Gasteiger partial charge in [-0.1, -0.05) is 97.1 Å². The van der Waals surface area contributed by atoms with Crippen LogP contribution in [0.5, 0.6) is 0 Å². The summed E-state index contributed by atoms with van der Waals surface area (Å²) < 4.78 is 0. The molecule has 0 heterocycles. The predicted molar refractivity (Wildman–Crippen MR) is 158 cm³/mol. The van der Waals surface area contributed by atoms with Crippen molar-refractivity contribution in [1.29, 1.82) is 0 Å². The monoisotopic (exact) mass is 531 g/mol. The highest BCUT2D eigenvalue weighted by atomic mass is 16.4. The Balaban J connectivity index is 1.37. The third kappa shape index (κ3) is 4.66. The van der Waals surface area contributed by atoms with Gasteiger partial charge in [-0.2, -0.15) is 0 Å². The van der Waals surface area contributed by atoms with E-state index < -0.39 is 11.2 Å². The zero-order valence-corrected chi connectivity index (χ0v) is 23.0. The predicted octanol–water partition coefficient (Wildman–Crippen LogP) is 6.09. The molecule has 0 bridgehead atoms. The van der Waals surface area contributed by atoms with E-state index in [0.717, 1.165) is 30.4 Å². The Hall–Kier alpha value is -3.73. The number of hydrogen-bond acceptors (Lipinski definition) is 3. The largest absolute Gasteiger partial charge is 0.387 e. The van der Waals surface area contributed by atoms with Crippen molar-refractivity contribution in [2.75, 3.05) is 0 Å². The van der Waals surface area contributed by atoms with Gasteiger partial charge in [0.05, 0.1) is 5.60 Å². The highest BCUT2D eigenvalue weighted by molar-refractivity contribution is 5.94. The first-order valence-corrected chi connectivity index (χ1v) is 14.3. The van der Waals surface area contributed by atoms with Gasteiger partial charge in [-0.15, -0.1) is 0 Å². The van der Waals surface area contributed by atoms with E-state index in [4.69, 9.17) is 0 Å². The number of nitrogens with one attached hydrogen (secondary N) is 1. The molecule has 6 rings (SSSR count). The van der Waals surface area contributed by atoms with Crippen LogP contribution in [0.1, 0.15) is 64.4 Å². The number of amides is 1. The fourth-order valence-corrected chi connectivity index (χ4v) is 7.41. The molecule has 4 heteroatoms. The standard InChI is InChI=1S/C36H37NO3/c1-34(39)25-35(22-26-11-5-2-6-12-26)31(23-36(34,40)30-15-9-4-10-16-30)19-17-28-21-29(18-20-32(28)35)33(38)37-24-27-13-7-3-8-14-27/h2-16,18,20-21,31,39-40H,17,19,22-25H2,1H3,(H,37,38)/t31-,34-,35-,36-/m1/s1. The smallest absolute Gasteiger partial charge is 0.251 e. The maximum atomic E-state index is 13.1. The molecule has 0 saturated heterocycles. The number of benzene rings is 4. The van der Waals surface area contributed by atoms with Crippen LogP contribution in [0.3, 0.4) is 0 Å². The van der Waals surface area contributed by atoms with E-state index in [1.54, 1.807) is 6.92 Å². The van der Waals surface area contributed by atoms with Crippen molar-refractivity contribution in [2.24, 2.45) is 5.92 Å². The van der Waals surface area contributed by atoms with E-state index >= 15 is 0 Å². The maximum absolute atomic E-state index is 13.1. The van der Waals surface area contributed by atoms with Crippen molar-refractivity contribution < 1.29 is 15.0 Å². The highest BCUT2D eigenvalue weighted by Crippen LogP contribution is 2.59. The molecule has 40 heavy (non-hydrogen) atoms. The molecule has 2 aliphatic carbocycles. The van der Waals surface area contributed by atoms with Gasteiger partial charge in [0, 0.05) is 17.5 Å². The van der Waals surface area contributed by atoms with E-state index in [1.807, 2.05) is 78.9 Å². The number of hydrogen-bond donors (Lipinski definition) is 3. The molecule has 3 N–H and O–H groups in total. The summed E-state index contributed by atoms with van der Waals surface area (Å²) in [6.07, 6.45) is 3.41. The number of rotatable bonds is 6. The molecule has 0 aliphatic heterocycles. The first-order chi connectivity index (χ1) is 19.3. The van der Waals surface area contributed by atoms with Crippen LogP contribution in [-0.2, 0) is 30.4 Å². The summed E-state index contributed by atoms with van der Waals surface area (Å²) in [4.78, 5) is 13.1. The summed E-state index contributed by atoms with van der Waals surface area (Å²) in [6.45, 7) is 2.28. The van der Waals surface area contributed by atoms with Gasteiger partial charge in [-0.05, 0) is 84.9 Å². The molecule has 0 aromatic heterocycles. The van der Waals surface area contributed by atoms with Gasteiger partial charge in [0.1, 0.15) is 5.60 Å². The average Bonchev–Trinajstić information content (AvgIpc) is 2.98. The van der Waals surface area contributed by atoms with Gasteiger partial charge >= 0.3 is 0 Å². The summed E-state index contributed by atoms with van der Waals surface area (Å²) in [6, 6.07) is 36.1. The van der Waals surface area contributed by atoms with Gasteiger partial charge in [-0.25, -0.2) is 0 Å². The van der Waals surface area contributed by atoms with Gasteiger partial charge in [-0.3, -0.25) is 4.79 Å². The van der Waals surface area contributed by atoms with Crippen LogP contribution in [-0.4, -0.2) is 21.7 Å². The molecule has 0 radical (unpaired) electrons. The second-order valence-electron chi connectivity index (χ2n) is 12.0. The van der Waals surface area contributed by atoms with Gasteiger partial charge in [0.15, 0.2) is 0 Å². The fraction of sp³-hybridized carbons (Fsp3) is 0.306. The summed E-state index contributed by atoms with van der Waals surface area (Å²) in [5.74, 6) is 0.0865. The third-order valence-electron chi connectivity index (χ3n) is 9.45. The average molecular weight is 532 g/mol. The minimum atomic E-state index is -1.35. The van der Waals surface area contributed by atoms with Crippen molar-refractivity contribution in [3.63, 3.8) is 0 Å². The van der Waals surface area contributed by atoms with Crippen LogP contribution in [0, 0.1) is 5.92 Å². The number of carbonyl (C=O) groups excluding carboxylic acids is 1. The lowest BCUT2D eigenvalue weighted by Gasteiger charge is -2.59. The molecule has 4 nitrogen and oxygen atoms in total. The van der Waals surface area contributed by atoms with Gasteiger partial charge in [0.2, 0.25) is 0 Å². The Morgan fingerprint density at radius 2 is 1.48 bits per heavy atom. The second kappa shape index (κ2) is 10.3. The summed E-state index contributed by atoms with van der Waals surface area (Å²) in [5.41, 5.74) is 3.02. The molecule has 204 valence electrons. The third-order valence-corrected chi connectivity index (χ3v) is 9.45. The van der Waals surface area contributed by atoms with Crippen molar-refractivity contribution >= 4 is 5.91 Å². The minimum Gasteiger partial charge on any atom is -0.387 e. The Morgan fingerprint density at radius 1 is 0.850 bits per heavy atom. The molecule has 0 unspecified atom stereocenters. The van der Waals surface area contributed by atoms with E-state index in [9.17, 15) is 15.0 Å². The summed E-state index contributed by atoms with van der Waals surface area (Å²) in [5, 5.41) is 27.2. The molecule has 4 aromatic rings. The SMILES string of the molecule is C[C@@]1(O)C[C@@]2(Cc3ccccc3)c3ccc(C(=O)NCc4ccccc4)cc3CC[C@@H]2C[C@@]1(O)c1ccccc1. The minimum absolute atomic E-state index is 0.0834. The van der Waals surface area contributed by atoms with Crippen LogP contribution >= 0.6 is 0 Å². The van der Waals surface area contributed by atoms with Crippen LogP contribution < -0.4 is 5.32 Å². The Bertz CT molecular complexity index is 1480. The van der Waals surface area contributed by atoms with Crippen LogP contribution in [0.15, 0.2) is 109 Å². The summed E-state index contributed by atoms with van der Waals surface area (Å²) in [7, 11) is 0. The zero-order chi connectivity index (χ0) is 27.8. The summed E-state index contributed by atoms with van der Waals surface area (Å²) >= 11 is 0. The first kappa shape index (κ1) is 26.5. The van der Waals surface area contributed by atoms with E-state index in [1.165, 1.54) is 16.7 Å². The van der Waals surface area contributed by atoms with E-state index in [0.29, 0.717) is 24.9 Å². The fourth-order valence-electron chi connectivity index (χ4n) is 7.41. The number of aryl methyl sites for hydroxylation is 1. The molecule has 4 atom stereocenters. The normalized spacial score (nSPS) is 27.3. The van der Waals surface area contributed by atoms with Crippen LogP contribution in [0.4, 0.5) is 0 Å². The topological polar surface area (TPSA) is 69.6 Å².